The Morgan fingerprint density at radius 3 is 2.79 bits per heavy atom. The van der Waals surface area contributed by atoms with Crippen LogP contribution in [0.4, 0.5) is 11.6 Å². The van der Waals surface area contributed by atoms with Gasteiger partial charge in [0, 0.05) is 19.3 Å². The van der Waals surface area contributed by atoms with Gasteiger partial charge in [-0.3, -0.25) is 4.90 Å². The molecule has 1 fully saturated rings. The van der Waals surface area contributed by atoms with E-state index >= 15 is 0 Å². The molecule has 0 bridgehead atoms. The molecule has 0 unspecified atom stereocenters. The number of anilines is 2. The molecule has 4 N–H and O–H groups in total. The standard InChI is InChI=1S/C21H30N6O/c1-2-3-11-28-21-25-19(23)18(13-22)20(26-21)24-14-16-7-6-8-17(12-16)15-27-9-4-5-10-27/h6-8,12-13,22H,2-5,9-11,14-15H2,1H3,(H3,23,24,25,26). The van der Waals surface area contributed by atoms with Gasteiger partial charge >= 0.3 is 6.01 Å². The minimum Gasteiger partial charge on any atom is -0.463 e. The third-order valence-corrected chi connectivity index (χ3v) is 4.88. The number of ether oxygens (including phenoxy) is 1. The molecule has 3 rings (SSSR count). The van der Waals surface area contributed by atoms with Gasteiger partial charge in [0.05, 0.1) is 12.2 Å². The third-order valence-electron chi connectivity index (χ3n) is 4.88. The second kappa shape index (κ2) is 10.0. The lowest BCUT2D eigenvalue weighted by molar-refractivity contribution is 0.286. The maximum absolute atomic E-state index is 7.63. The van der Waals surface area contributed by atoms with Gasteiger partial charge in [0.1, 0.15) is 11.6 Å². The lowest BCUT2D eigenvalue weighted by Gasteiger charge is -2.16. The van der Waals surface area contributed by atoms with Crippen LogP contribution in [0.3, 0.4) is 0 Å². The van der Waals surface area contributed by atoms with Gasteiger partial charge < -0.3 is 21.2 Å². The summed E-state index contributed by atoms with van der Waals surface area (Å²) in [5.41, 5.74) is 8.96. The molecule has 0 saturated carbocycles. The molecule has 1 aliphatic heterocycles. The summed E-state index contributed by atoms with van der Waals surface area (Å²) in [6.45, 7) is 6.62. The lowest BCUT2D eigenvalue weighted by atomic mass is 10.1. The third kappa shape index (κ3) is 5.42. The maximum atomic E-state index is 7.63. The van der Waals surface area contributed by atoms with Crippen molar-refractivity contribution in [1.82, 2.24) is 14.9 Å². The molecular formula is C21H30N6O. The lowest BCUT2D eigenvalue weighted by Crippen LogP contribution is -2.18. The summed E-state index contributed by atoms with van der Waals surface area (Å²) >= 11 is 0. The first-order valence-electron chi connectivity index (χ1n) is 10.0. The van der Waals surface area contributed by atoms with E-state index in [4.69, 9.17) is 15.9 Å². The van der Waals surface area contributed by atoms with Crippen LogP contribution in [0, 0.1) is 5.41 Å². The van der Waals surface area contributed by atoms with Crippen molar-refractivity contribution in [2.75, 3.05) is 30.7 Å². The summed E-state index contributed by atoms with van der Waals surface area (Å²) in [4.78, 5) is 11.1. The molecule has 1 saturated heterocycles. The van der Waals surface area contributed by atoms with E-state index in [1.807, 2.05) is 0 Å². The predicted octanol–water partition coefficient (Wildman–Crippen LogP) is 3.44. The van der Waals surface area contributed by atoms with E-state index in [1.54, 1.807) is 0 Å². The zero-order chi connectivity index (χ0) is 19.8. The van der Waals surface area contributed by atoms with E-state index in [2.05, 4.69) is 51.4 Å². The number of hydrogen-bond acceptors (Lipinski definition) is 7. The number of nitrogens with two attached hydrogens (primary N) is 1. The van der Waals surface area contributed by atoms with Crippen molar-refractivity contribution in [3.8, 4) is 6.01 Å². The van der Waals surface area contributed by atoms with Crippen molar-refractivity contribution in [3.63, 3.8) is 0 Å². The Hall–Kier alpha value is -2.67. The van der Waals surface area contributed by atoms with Crippen molar-refractivity contribution >= 4 is 17.9 Å². The Morgan fingerprint density at radius 1 is 1.25 bits per heavy atom. The minimum atomic E-state index is 0.252. The number of hydrogen-bond donors (Lipinski definition) is 3. The average Bonchev–Trinajstić information content (AvgIpc) is 3.20. The Balaban J connectivity index is 1.68. The molecule has 0 radical (unpaired) electrons. The van der Waals surface area contributed by atoms with Gasteiger partial charge in [-0.25, -0.2) is 0 Å². The summed E-state index contributed by atoms with van der Waals surface area (Å²) in [7, 11) is 0. The molecule has 0 amide bonds. The van der Waals surface area contributed by atoms with Crippen molar-refractivity contribution in [2.24, 2.45) is 0 Å². The van der Waals surface area contributed by atoms with Crippen LogP contribution in [-0.4, -0.2) is 40.8 Å². The second-order valence-electron chi connectivity index (χ2n) is 7.16. The molecule has 0 aliphatic carbocycles. The normalized spacial score (nSPS) is 14.2. The van der Waals surface area contributed by atoms with Crippen LogP contribution in [0.25, 0.3) is 0 Å². The zero-order valence-electron chi connectivity index (χ0n) is 16.6. The molecule has 0 spiro atoms. The number of aromatic nitrogens is 2. The summed E-state index contributed by atoms with van der Waals surface area (Å²) in [6.07, 6.45) is 5.74. The summed E-state index contributed by atoms with van der Waals surface area (Å²) < 4.78 is 5.59. The molecule has 1 aliphatic rings. The first-order valence-corrected chi connectivity index (χ1v) is 10.0. The first-order chi connectivity index (χ1) is 13.7. The zero-order valence-corrected chi connectivity index (χ0v) is 16.6. The van der Waals surface area contributed by atoms with Crippen molar-refractivity contribution in [3.05, 3.63) is 41.0 Å². The number of nitrogen functional groups attached to an aromatic ring is 1. The van der Waals surface area contributed by atoms with Crippen LogP contribution in [0.15, 0.2) is 24.3 Å². The molecule has 7 nitrogen and oxygen atoms in total. The largest absolute Gasteiger partial charge is 0.463 e. The Morgan fingerprint density at radius 2 is 2.04 bits per heavy atom. The first kappa shape index (κ1) is 20.1. The SMILES string of the molecule is CCCCOc1nc(N)c(C=N)c(NCc2cccc(CN3CCCC3)c2)n1. The monoisotopic (exact) mass is 382 g/mol. The highest BCUT2D eigenvalue weighted by Gasteiger charge is 2.13. The van der Waals surface area contributed by atoms with E-state index in [0.717, 1.165) is 19.4 Å². The van der Waals surface area contributed by atoms with Crippen LogP contribution >= 0.6 is 0 Å². The molecular weight excluding hydrogens is 352 g/mol. The number of nitrogens with one attached hydrogen (secondary N) is 2. The van der Waals surface area contributed by atoms with Gasteiger partial charge in [-0.2, -0.15) is 9.97 Å². The minimum absolute atomic E-state index is 0.252. The Kier molecular flexibility index (Phi) is 7.19. The maximum Gasteiger partial charge on any atom is 0.320 e. The van der Waals surface area contributed by atoms with Gasteiger partial charge in [0.15, 0.2) is 0 Å². The van der Waals surface area contributed by atoms with Crippen molar-refractivity contribution in [2.45, 2.75) is 45.7 Å². The van der Waals surface area contributed by atoms with Crippen LogP contribution in [0.2, 0.25) is 0 Å². The van der Waals surface area contributed by atoms with E-state index in [9.17, 15) is 0 Å². The highest BCUT2D eigenvalue weighted by atomic mass is 16.5. The second-order valence-corrected chi connectivity index (χ2v) is 7.16. The smallest absolute Gasteiger partial charge is 0.320 e. The fraction of sp³-hybridized carbons (Fsp3) is 0.476. The molecule has 1 aromatic heterocycles. The summed E-state index contributed by atoms with van der Waals surface area (Å²) in [6, 6.07) is 8.83. The van der Waals surface area contributed by atoms with Gasteiger partial charge in [0.25, 0.3) is 0 Å². The Labute approximate surface area is 166 Å². The van der Waals surface area contributed by atoms with E-state index in [0.29, 0.717) is 24.5 Å². The highest BCUT2D eigenvalue weighted by molar-refractivity contribution is 5.90. The molecule has 28 heavy (non-hydrogen) atoms. The van der Waals surface area contributed by atoms with E-state index < -0.39 is 0 Å². The number of rotatable bonds is 10. The van der Waals surface area contributed by atoms with Gasteiger partial charge in [-0.1, -0.05) is 37.6 Å². The molecule has 2 heterocycles. The summed E-state index contributed by atoms with van der Waals surface area (Å²) in [5.74, 6) is 0.778. The summed E-state index contributed by atoms with van der Waals surface area (Å²) in [5, 5.41) is 10.9. The number of unbranched alkanes of at least 4 members (excludes halogenated alkanes) is 1. The van der Waals surface area contributed by atoms with Gasteiger partial charge in [-0.05, 0) is 43.5 Å². The fourth-order valence-electron chi connectivity index (χ4n) is 3.34. The fourth-order valence-corrected chi connectivity index (χ4v) is 3.34. The van der Waals surface area contributed by atoms with E-state index in [-0.39, 0.29) is 11.8 Å². The van der Waals surface area contributed by atoms with Crippen LogP contribution in [0.1, 0.15) is 49.3 Å². The average molecular weight is 383 g/mol. The quantitative estimate of drug-likeness (QED) is 0.430. The molecule has 7 heteroatoms. The van der Waals surface area contributed by atoms with Crippen LogP contribution in [0.5, 0.6) is 6.01 Å². The number of likely N-dealkylation sites (tertiary alicyclic amines) is 1. The molecule has 2 aromatic rings. The molecule has 0 atom stereocenters. The highest BCUT2D eigenvalue weighted by Crippen LogP contribution is 2.21. The topological polar surface area (TPSA) is 100 Å². The van der Waals surface area contributed by atoms with Crippen LogP contribution < -0.4 is 15.8 Å². The predicted molar refractivity (Wildman–Crippen MR) is 113 cm³/mol. The molecule has 1 aromatic carbocycles. The van der Waals surface area contributed by atoms with E-state index in [1.165, 1.54) is 43.3 Å². The number of benzene rings is 1. The van der Waals surface area contributed by atoms with Crippen molar-refractivity contribution < 1.29 is 4.74 Å². The molecule has 150 valence electrons. The van der Waals surface area contributed by atoms with Crippen molar-refractivity contribution in [1.29, 1.82) is 5.41 Å². The Bertz CT molecular complexity index is 788. The van der Waals surface area contributed by atoms with Gasteiger partial charge in [0.2, 0.25) is 0 Å². The van der Waals surface area contributed by atoms with Crippen LogP contribution in [-0.2, 0) is 13.1 Å². The van der Waals surface area contributed by atoms with Gasteiger partial charge in [-0.15, -0.1) is 0 Å². The number of nitrogens with zero attached hydrogens (tertiary/aromatic N) is 3.